The summed E-state index contributed by atoms with van der Waals surface area (Å²) in [4.78, 5) is 10.8. The minimum atomic E-state index is -0.847. The summed E-state index contributed by atoms with van der Waals surface area (Å²) in [5.74, 6) is -1.25. The topological polar surface area (TPSA) is 57.5 Å². The number of carboxylic acids is 1. The van der Waals surface area contributed by atoms with Crippen LogP contribution in [0.5, 0.6) is 5.75 Å². The lowest BCUT2D eigenvalue weighted by Crippen LogP contribution is -2.07. The van der Waals surface area contributed by atoms with E-state index in [4.69, 9.17) is 5.11 Å². The lowest BCUT2D eigenvalue weighted by molar-refractivity contribution is -0.138. The Morgan fingerprint density at radius 3 is 2.92 bits per heavy atom. The van der Waals surface area contributed by atoms with E-state index in [2.05, 4.69) is 0 Å². The summed E-state index contributed by atoms with van der Waals surface area (Å²) in [5.41, 5.74) is 1.57. The number of aromatic hydroxyl groups is 1. The molecular weight excluding hydrogens is 168 g/mol. The second-order valence-electron chi connectivity index (χ2n) is 3.28. The number of phenols is 1. The van der Waals surface area contributed by atoms with Crippen molar-refractivity contribution in [2.45, 2.75) is 18.8 Å². The lowest BCUT2D eigenvalue weighted by atomic mass is 10.0. The van der Waals surface area contributed by atoms with Gasteiger partial charge in [0.2, 0.25) is 0 Å². The molecule has 3 nitrogen and oxygen atoms in total. The Balaban J connectivity index is 2.52. The molecule has 0 saturated carbocycles. The molecule has 0 radical (unpaired) electrons. The molecule has 0 heterocycles. The summed E-state index contributed by atoms with van der Waals surface area (Å²) in [5, 5.41) is 18.4. The fourth-order valence-electron chi connectivity index (χ4n) is 1.91. The quantitative estimate of drug-likeness (QED) is 0.685. The number of aryl methyl sites for hydroxylation is 1. The molecule has 0 amide bonds. The van der Waals surface area contributed by atoms with Crippen LogP contribution in [0.25, 0.3) is 0 Å². The summed E-state index contributed by atoms with van der Waals surface area (Å²) >= 11 is 0. The van der Waals surface area contributed by atoms with Gasteiger partial charge in [0, 0.05) is 5.56 Å². The van der Waals surface area contributed by atoms with Gasteiger partial charge in [0.15, 0.2) is 0 Å². The first kappa shape index (κ1) is 8.10. The molecule has 68 valence electrons. The molecule has 0 aliphatic heterocycles. The fourth-order valence-corrected chi connectivity index (χ4v) is 1.91. The van der Waals surface area contributed by atoms with Crippen molar-refractivity contribution < 1.29 is 15.0 Å². The molecule has 0 saturated heterocycles. The Morgan fingerprint density at radius 1 is 1.46 bits per heavy atom. The van der Waals surface area contributed by atoms with Crippen LogP contribution in [0, 0.1) is 0 Å². The van der Waals surface area contributed by atoms with E-state index in [1.807, 2.05) is 6.07 Å². The van der Waals surface area contributed by atoms with Crippen molar-refractivity contribution in [1.82, 2.24) is 0 Å². The molecule has 2 N–H and O–H groups in total. The molecule has 1 aromatic carbocycles. The van der Waals surface area contributed by atoms with Gasteiger partial charge in [0.1, 0.15) is 5.75 Å². The van der Waals surface area contributed by atoms with Gasteiger partial charge in [-0.15, -0.1) is 0 Å². The highest BCUT2D eigenvalue weighted by atomic mass is 16.4. The van der Waals surface area contributed by atoms with Crippen LogP contribution in [-0.2, 0) is 11.2 Å². The van der Waals surface area contributed by atoms with E-state index in [0.29, 0.717) is 12.0 Å². The van der Waals surface area contributed by atoms with Crippen molar-refractivity contribution in [2.75, 3.05) is 0 Å². The van der Waals surface area contributed by atoms with Gasteiger partial charge >= 0.3 is 5.97 Å². The smallest absolute Gasteiger partial charge is 0.311 e. The summed E-state index contributed by atoms with van der Waals surface area (Å²) < 4.78 is 0. The summed E-state index contributed by atoms with van der Waals surface area (Å²) in [6.07, 6.45) is 1.35. The molecule has 1 aliphatic rings. The first-order valence-corrected chi connectivity index (χ1v) is 4.23. The van der Waals surface area contributed by atoms with Crippen LogP contribution in [-0.4, -0.2) is 16.2 Å². The first-order valence-electron chi connectivity index (χ1n) is 4.23. The number of phenolic OH excluding ortho intramolecular Hbond substituents is 1. The zero-order valence-corrected chi connectivity index (χ0v) is 7.03. The lowest BCUT2D eigenvalue weighted by Gasteiger charge is -2.07. The average molecular weight is 178 g/mol. The summed E-state index contributed by atoms with van der Waals surface area (Å²) in [6.45, 7) is 0. The van der Waals surface area contributed by atoms with Crippen molar-refractivity contribution in [2.24, 2.45) is 0 Å². The van der Waals surface area contributed by atoms with Crippen LogP contribution in [0.3, 0.4) is 0 Å². The van der Waals surface area contributed by atoms with E-state index in [-0.39, 0.29) is 5.75 Å². The van der Waals surface area contributed by atoms with Gasteiger partial charge in [-0.2, -0.15) is 0 Å². The molecule has 2 rings (SSSR count). The maximum atomic E-state index is 10.8. The highest BCUT2D eigenvalue weighted by Gasteiger charge is 2.30. The van der Waals surface area contributed by atoms with Crippen molar-refractivity contribution >= 4 is 5.97 Å². The fraction of sp³-hybridized carbons (Fsp3) is 0.300. The zero-order chi connectivity index (χ0) is 9.42. The van der Waals surface area contributed by atoms with Gasteiger partial charge in [-0.25, -0.2) is 0 Å². The number of carbonyl (C=O) groups is 1. The second-order valence-corrected chi connectivity index (χ2v) is 3.28. The number of fused-ring (bicyclic) bond motifs is 1. The van der Waals surface area contributed by atoms with Gasteiger partial charge in [-0.1, -0.05) is 12.1 Å². The molecule has 1 aromatic rings. The van der Waals surface area contributed by atoms with Crippen LogP contribution in [0.2, 0.25) is 0 Å². The molecule has 0 fully saturated rings. The second kappa shape index (κ2) is 2.76. The first-order chi connectivity index (χ1) is 6.20. The maximum Gasteiger partial charge on any atom is 0.311 e. The molecule has 0 unspecified atom stereocenters. The van der Waals surface area contributed by atoms with Crippen molar-refractivity contribution in [3.8, 4) is 5.75 Å². The Bertz CT molecular complexity index is 357. The number of hydrogen-bond acceptors (Lipinski definition) is 2. The van der Waals surface area contributed by atoms with Gasteiger partial charge in [0.25, 0.3) is 0 Å². The minimum Gasteiger partial charge on any atom is -0.508 e. The molecule has 1 aliphatic carbocycles. The molecule has 3 heteroatoms. The van der Waals surface area contributed by atoms with Crippen LogP contribution >= 0.6 is 0 Å². The van der Waals surface area contributed by atoms with E-state index in [1.165, 1.54) is 0 Å². The number of benzene rings is 1. The SMILES string of the molecule is O=C(O)[C@@H]1CCc2cccc(O)c21. The molecule has 13 heavy (non-hydrogen) atoms. The van der Waals surface area contributed by atoms with E-state index in [9.17, 15) is 9.90 Å². The maximum absolute atomic E-state index is 10.8. The van der Waals surface area contributed by atoms with E-state index < -0.39 is 11.9 Å². The number of hydrogen-bond donors (Lipinski definition) is 2. The number of carboxylic acid groups (broad SMARTS) is 1. The van der Waals surface area contributed by atoms with Crippen LogP contribution in [0.15, 0.2) is 18.2 Å². The normalized spacial score (nSPS) is 19.8. The Morgan fingerprint density at radius 2 is 2.23 bits per heavy atom. The van der Waals surface area contributed by atoms with Gasteiger partial charge in [-0.3, -0.25) is 4.79 Å². The van der Waals surface area contributed by atoms with Crippen molar-refractivity contribution in [3.05, 3.63) is 29.3 Å². The largest absolute Gasteiger partial charge is 0.508 e. The third-order valence-corrected chi connectivity index (χ3v) is 2.52. The number of rotatable bonds is 1. The van der Waals surface area contributed by atoms with Crippen molar-refractivity contribution in [1.29, 1.82) is 0 Å². The van der Waals surface area contributed by atoms with Crippen LogP contribution in [0.4, 0.5) is 0 Å². The highest BCUT2D eigenvalue weighted by molar-refractivity contribution is 5.79. The van der Waals surface area contributed by atoms with Crippen molar-refractivity contribution in [3.63, 3.8) is 0 Å². The predicted octanol–water partition coefficient (Wildman–Crippen LogP) is 1.51. The van der Waals surface area contributed by atoms with E-state index in [1.54, 1.807) is 12.1 Å². The van der Waals surface area contributed by atoms with Crippen LogP contribution in [0.1, 0.15) is 23.5 Å². The molecule has 0 bridgehead atoms. The van der Waals surface area contributed by atoms with Gasteiger partial charge in [-0.05, 0) is 24.5 Å². The molecular formula is C10H10O3. The minimum absolute atomic E-state index is 0.113. The van der Waals surface area contributed by atoms with Crippen LogP contribution < -0.4 is 0 Å². The molecule has 1 atom stereocenters. The Kier molecular flexibility index (Phi) is 1.72. The average Bonchev–Trinajstić information content (AvgIpc) is 2.49. The Hall–Kier alpha value is -1.51. The third-order valence-electron chi connectivity index (χ3n) is 2.52. The number of aliphatic carboxylic acids is 1. The predicted molar refractivity (Wildman–Crippen MR) is 46.8 cm³/mol. The molecule has 0 spiro atoms. The Labute approximate surface area is 75.6 Å². The monoisotopic (exact) mass is 178 g/mol. The highest BCUT2D eigenvalue weighted by Crippen LogP contribution is 2.38. The third kappa shape index (κ3) is 1.16. The van der Waals surface area contributed by atoms with E-state index >= 15 is 0 Å². The zero-order valence-electron chi connectivity index (χ0n) is 7.03. The van der Waals surface area contributed by atoms with Gasteiger partial charge < -0.3 is 10.2 Å². The summed E-state index contributed by atoms with van der Waals surface area (Å²) in [6, 6.07) is 5.16. The van der Waals surface area contributed by atoms with E-state index in [0.717, 1.165) is 12.0 Å². The summed E-state index contributed by atoms with van der Waals surface area (Å²) in [7, 11) is 0. The molecule has 0 aromatic heterocycles. The van der Waals surface area contributed by atoms with Gasteiger partial charge in [0.05, 0.1) is 5.92 Å². The standard InChI is InChI=1S/C10H10O3/c11-8-3-1-2-6-4-5-7(9(6)8)10(12)13/h1-3,7,11H,4-5H2,(H,12,13)/t7-/m1/s1.